The first-order valence-corrected chi connectivity index (χ1v) is 7.58. The second kappa shape index (κ2) is 9.06. The third kappa shape index (κ3) is 4.29. The summed E-state index contributed by atoms with van der Waals surface area (Å²) < 4.78 is 5.63. The van der Waals surface area contributed by atoms with Gasteiger partial charge >= 0.3 is 5.97 Å². The van der Waals surface area contributed by atoms with Crippen LogP contribution in [-0.4, -0.2) is 43.4 Å². The first-order valence-electron chi connectivity index (χ1n) is 6.50. The monoisotopic (exact) mass is 454 g/mol. The van der Waals surface area contributed by atoms with Gasteiger partial charge in [0.25, 0.3) is 0 Å². The highest BCUT2D eigenvalue weighted by atomic mass is 127. The molecule has 0 saturated carbocycles. The molecule has 0 radical (unpaired) electrons. The number of pyridine rings is 2. The number of methoxy groups -OCH3 is 1. The summed E-state index contributed by atoms with van der Waals surface area (Å²) in [7, 11) is 1.32. The summed E-state index contributed by atoms with van der Waals surface area (Å²) in [5.41, 5.74) is 1.94. The third-order valence-corrected chi connectivity index (χ3v) is 3.88. The van der Waals surface area contributed by atoms with Gasteiger partial charge in [0.1, 0.15) is 9.22 Å². The molecule has 9 heteroatoms. The zero-order valence-electron chi connectivity index (χ0n) is 11.9. The van der Waals surface area contributed by atoms with Crippen LogP contribution in [0.25, 0.3) is 21.8 Å². The first kappa shape index (κ1) is 20.5. The van der Waals surface area contributed by atoms with Crippen molar-refractivity contribution in [3.8, 4) is 0 Å². The number of aromatic amines is 2. The number of carbonyl (C=O) groups excluding carboxylic acids is 1. The molecule has 4 aromatic rings. The van der Waals surface area contributed by atoms with Crippen LogP contribution in [0, 0.1) is 3.70 Å². The summed E-state index contributed by atoms with van der Waals surface area (Å²) in [6.45, 7) is 0. The van der Waals surface area contributed by atoms with Crippen molar-refractivity contribution in [2.75, 3.05) is 7.11 Å². The van der Waals surface area contributed by atoms with Crippen LogP contribution in [0.1, 0.15) is 25.3 Å². The van der Waals surface area contributed by atoms with Gasteiger partial charge in [-0.25, -0.2) is 4.79 Å². The van der Waals surface area contributed by atoms with Crippen LogP contribution in [0.3, 0.4) is 0 Å². The predicted octanol–water partition coefficient (Wildman–Crippen LogP) is 3.58. The van der Waals surface area contributed by atoms with E-state index < -0.39 is 5.97 Å². The molecule has 8 nitrogen and oxygen atoms in total. The van der Waals surface area contributed by atoms with Crippen molar-refractivity contribution in [2.24, 2.45) is 0 Å². The highest BCUT2D eigenvalue weighted by Crippen LogP contribution is 2.15. The minimum Gasteiger partial charge on any atom is -0.464 e. The summed E-state index contributed by atoms with van der Waals surface area (Å²) in [6.07, 6.45) is 6.72. The molecule has 0 atom stereocenters. The average molecular weight is 454 g/mol. The van der Waals surface area contributed by atoms with E-state index in [2.05, 4.69) is 57.7 Å². The van der Waals surface area contributed by atoms with Crippen LogP contribution in [0.15, 0.2) is 36.9 Å². The van der Waals surface area contributed by atoms with E-state index in [1.165, 1.54) is 7.11 Å². The van der Waals surface area contributed by atoms with Crippen molar-refractivity contribution in [3.63, 3.8) is 0 Å². The molecule has 2 N–H and O–H groups in total. The van der Waals surface area contributed by atoms with E-state index in [0.717, 1.165) is 25.5 Å². The van der Waals surface area contributed by atoms with E-state index >= 15 is 0 Å². The Balaban J connectivity index is 0.000000237. The minimum atomic E-state index is -0.447. The van der Waals surface area contributed by atoms with Crippen LogP contribution >= 0.6 is 22.6 Å². The van der Waals surface area contributed by atoms with Gasteiger partial charge in [-0.2, -0.15) is 10.2 Å². The molecular formula is C16H19IN6O2. The van der Waals surface area contributed by atoms with Gasteiger partial charge in [-0.1, -0.05) is 14.9 Å². The summed E-state index contributed by atoms with van der Waals surface area (Å²) >= 11 is 2.21. The number of ether oxygens (including phenoxy) is 1. The van der Waals surface area contributed by atoms with E-state index in [0.29, 0.717) is 5.69 Å². The minimum absolute atomic E-state index is 0. The molecule has 0 aromatic carbocycles. The number of hydrogen-bond donors (Lipinski definition) is 2. The lowest BCUT2D eigenvalue weighted by Crippen LogP contribution is -2.01. The largest absolute Gasteiger partial charge is 0.464 e. The fourth-order valence-electron chi connectivity index (χ4n) is 1.95. The number of rotatable bonds is 1. The molecule has 4 aromatic heterocycles. The highest BCUT2D eigenvalue weighted by Gasteiger charge is 2.13. The lowest BCUT2D eigenvalue weighted by Gasteiger charge is -1.92. The Kier molecular flexibility index (Phi) is 7.43. The Labute approximate surface area is 158 Å². The normalized spacial score (nSPS) is 9.52. The number of esters is 1. The Morgan fingerprint density at radius 2 is 1.72 bits per heavy atom. The molecule has 0 amide bonds. The van der Waals surface area contributed by atoms with Crippen LogP contribution in [0.2, 0.25) is 0 Å². The summed E-state index contributed by atoms with van der Waals surface area (Å²) in [5, 5.41) is 15.3. The van der Waals surface area contributed by atoms with Gasteiger partial charge < -0.3 is 4.74 Å². The lowest BCUT2D eigenvalue weighted by atomic mass is 10.2. The van der Waals surface area contributed by atoms with Crippen LogP contribution in [0.5, 0.6) is 0 Å². The quantitative estimate of drug-likeness (QED) is 0.336. The van der Waals surface area contributed by atoms with E-state index in [-0.39, 0.29) is 14.9 Å². The molecule has 4 heterocycles. The first-order chi connectivity index (χ1) is 11.2. The molecule has 0 aliphatic carbocycles. The van der Waals surface area contributed by atoms with Gasteiger partial charge in [-0.3, -0.25) is 20.2 Å². The number of nitrogens with one attached hydrogen (secondary N) is 2. The smallest absolute Gasteiger partial charge is 0.359 e. The molecule has 0 aliphatic rings. The Morgan fingerprint density at radius 1 is 1.04 bits per heavy atom. The molecule has 0 saturated heterocycles. The summed E-state index contributed by atoms with van der Waals surface area (Å²) in [5.74, 6) is -0.447. The summed E-state index contributed by atoms with van der Waals surface area (Å²) in [4.78, 5) is 19.0. The molecule has 0 unspecified atom stereocenters. The zero-order chi connectivity index (χ0) is 16.2. The molecule has 132 valence electrons. The zero-order valence-corrected chi connectivity index (χ0v) is 14.1. The van der Waals surface area contributed by atoms with Gasteiger partial charge in [-0.05, 0) is 34.7 Å². The fraction of sp³-hybridized carbons (Fsp3) is 0.188. The molecule has 4 rings (SSSR count). The number of aromatic nitrogens is 6. The average Bonchev–Trinajstić information content (AvgIpc) is 3.19. The second-order valence-electron chi connectivity index (χ2n) is 4.42. The number of carbonyl (C=O) groups is 1. The maximum absolute atomic E-state index is 11.2. The Bertz CT molecular complexity index is 965. The molecule has 0 fully saturated rings. The SMILES string of the molecule is C.C.COC(=O)c1n[nH]c2cnccc12.Ic1[nH]nc2cnccc12. The Hall–Kier alpha value is -2.56. The number of halogens is 1. The predicted molar refractivity (Wildman–Crippen MR) is 105 cm³/mol. The number of nitrogens with zero attached hydrogens (tertiary/aromatic N) is 4. The van der Waals surface area contributed by atoms with E-state index in [4.69, 9.17) is 0 Å². The van der Waals surface area contributed by atoms with Crippen molar-refractivity contribution in [2.45, 2.75) is 14.9 Å². The van der Waals surface area contributed by atoms with Crippen LogP contribution in [0.4, 0.5) is 0 Å². The van der Waals surface area contributed by atoms with Crippen molar-refractivity contribution in [1.82, 2.24) is 30.4 Å². The van der Waals surface area contributed by atoms with E-state index in [1.807, 2.05) is 6.07 Å². The molecular weight excluding hydrogens is 435 g/mol. The van der Waals surface area contributed by atoms with Crippen molar-refractivity contribution < 1.29 is 9.53 Å². The molecule has 0 aliphatic heterocycles. The van der Waals surface area contributed by atoms with Gasteiger partial charge in [0.15, 0.2) is 5.69 Å². The Morgan fingerprint density at radius 3 is 2.40 bits per heavy atom. The maximum Gasteiger partial charge on any atom is 0.359 e. The van der Waals surface area contributed by atoms with Gasteiger partial charge in [0, 0.05) is 23.2 Å². The molecule has 0 spiro atoms. The number of hydrogen-bond acceptors (Lipinski definition) is 6. The van der Waals surface area contributed by atoms with Crippen molar-refractivity contribution in [3.05, 3.63) is 46.3 Å². The topological polar surface area (TPSA) is 109 Å². The second-order valence-corrected chi connectivity index (χ2v) is 5.49. The van der Waals surface area contributed by atoms with Crippen molar-refractivity contribution in [1.29, 1.82) is 0 Å². The number of fused-ring (bicyclic) bond motifs is 2. The van der Waals surface area contributed by atoms with Gasteiger partial charge in [0.2, 0.25) is 0 Å². The van der Waals surface area contributed by atoms with Gasteiger partial charge in [-0.15, -0.1) is 0 Å². The van der Waals surface area contributed by atoms with Gasteiger partial charge in [0.05, 0.1) is 25.0 Å². The van der Waals surface area contributed by atoms with E-state index in [1.54, 1.807) is 30.9 Å². The highest BCUT2D eigenvalue weighted by molar-refractivity contribution is 14.1. The van der Waals surface area contributed by atoms with Crippen molar-refractivity contribution >= 4 is 50.4 Å². The van der Waals surface area contributed by atoms with E-state index in [9.17, 15) is 4.79 Å². The maximum atomic E-state index is 11.2. The molecule has 0 bridgehead atoms. The van der Waals surface area contributed by atoms with Crippen LogP contribution in [-0.2, 0) is 4.74 Å². The lowest BCUT2D eigenvalue weighted by molar-refractivity contribution is 0.0596. The number of H-pyrrole nitrogens is 2. The molecule has 25 heavy (non-hydrogen) atoms. The fourth-order valence-corrected chi connectivity index (χ4v) is 2.53. The van der Waals surface area contributed by atoms with Crippen LogP contribution < -0.4 is 0 Å². The third-order valence-electron chi connectivity index (χ3n) is 3.05. The summed E-state index contributed by atoms with van der Waals surface area (Å²) in [6, 6.07) is 3.66. The standard InChI is InChI=1S/C8H7N3O2.C6H4IN3.2CH4/c1-13-8(12)7-5-2-3-9-4-6(5)10-11-7;7-6-4-1-2-8-3-5(4)9-10-6;;/h2-4H,1H3,(H,10,11);1-3H,(H,9,10);2*1H4.